The number of nitrogens with zero attached hydrogens (tertiary/aromatic N) is 6. The summed E-state index contributed by atoms with van der Waals surface area (Å²) >= 11 is 0. The van der Waals surface area contributed by atoms with Crippen LogP contribution in [0, 0.1) is 16.7 Å². The molecule has 1 aromatic carbocycles. The molecule has 8 rings (SSSR count). The van der Waals surface area contributed by atoms with Crippen LogP contribution < -0.4 is 10.2 Å². The first-order valence-corrected chi connectivity index (χ1v) is 17.5. The van der Waals surface area contributed by atoms with Crippen LogP contribution in [0.2, 0.25) is 0 Å². The summed E-state index contributed by atoms with van der Waals surface area (Å²) in [6.45, 7) is 6.72. The van der Waals surface area contributed by atoms with E-state index in [1.165, 1.54) is 5.56 Å². The summed E-state index contributed by atoms with van der Waals surface area (Å²) in [5.74, 6) is 1.000. The second-order valence-electron chi connectivity index (χ2n) is 15.5. The van der Waals surface area contributed by atoms with Crippen molar-refractivity contribution in [3.05, 3.63) is 65.1 Å². The molecular formula is C37H50FN7O2. The number of anilines is 2. The van der Waals surface area contributed by atoms with Crippen LogP contribution in [-0.4, -0.2) is 75.1 Å². The highest BCUT2D eigenvalue weighted by Gasteiger charge is 2.74. The molecule has 2 bridgehead atoms. The van der Waals surface area contributed by atoms with Crippen molar-refractivity contribution in [2.75, 3.05) is 43.6 Å². The minimum absolute atomic E-state index is 0.0140. The van der Waals surface area contributed by atoms with Crippen LogP contribution in [0.1, 0.15) is 87.2 Å². The first-order valence-electron chi connectivity index (χ1n) is 17.5. The summed E-state index contributed by atoms with van der Waals surface area (Å²) < 4.78 is 15.6. The quantitative estimate of drug-likeness (QED) is 0.250. The van der Waals surface area contributed by atoms with Crippen molar-refractivity contribution >= 4 is 17.7 Å². The Bertz CT molecular complexity index is 1590. The number of fused-ring (bicyclic) bond motifs is 1. The lowest BCUT2D eigenvalue weighted by Gasteiger charge is -2.71. The van der Waals surface area contributed by atoms with Gasteiger partial charge in [0.2, 0.25) is 5.95 Å². The zero-order chi connectivity index (χ0) is 33.0. The van der Waals surface area contributed by atoms with Crippen molar-refractivity contribution < 1.29 is 14.3 Å². The lowest BCUT2D eigenvalue weighted by Crippen LogP contribution is -2.72. The molecule has 5 aliphatic rings. The Hall–Kier alpha value is -3.53. The third-order valence-electron chi connectivity index (χ3n) is 12.1. The van der Waals surface area contributed by atoms with Gasteiger partial charge >= 0.3 is 5.97 Å². The topological polar surface area (TPSA) is 99.4 Å². The third-order valence-corrected chi connectivity index (χ3v) is 12.1. The first-order chi connectivity index (χ1) is 22.6. The number of hydrogen-bond acceptors (Lipinski definition) is 7. The van der Waals surface area contributed by atoms with E-state index in [-0.39, 0.29) is 35.5 Å². The van der Waals surface area contributed by atoms with E-state index in [9.17, 15) is 14.3 Å². The maximum atomic E-state index is 13.7. The largest absolute Gasteiger partial charge is 0.481 e. The van der Waals surface area contributed by atoms with Crippen molar-refractivity contribution in [1.82, 2.24) is 24.6 Å². The number of likely N-dealkylation sites (tertiary alicyclic amines) is 1. The van der Waals surface area contributed by atoms with Crippen molar-refractivity contribution in [3.63, 3.8) is 0 Å². The normalized spacial score (nSPS) is 29.6. The molecule has 1 saturated heterocycles. The molecule has 252 valence electrons. The van der Waals surface area contributed by atoms with Crippen LogP contribution >= 0.6 is 0 Å². The van der Waals surface area contributed by atoms with Crippen LogP contribution in [0.3, 0.4) is 0 Å². The van der Waals surface area contributed by atoms with Gasteiger partial charge in [-0.05, 0) is 80.7 Å². The molecule has 2 aromatic heterocycles. The number of aromatic nitrogens is 4. The van der Waals surface area contributed by atoms with Crippen LogP contribution in [-0.2, 0) is 30.1 Å². The highest BCUT2D eigenvalue weighted by molar-refractivity contribution is 5.79. The van der Waals surface area contributed by atoms with Gasteiger partial charge in [0.05, 0.1) is 30.0 Å². The molecule has 3 heterocycles. The SMILES string of the molecule is CC[C@@H](N(C)c1nc2c(c(N[C@H](CN3CCC[C@H](CF)C3)c3cnn(C)c3)n1)C[C@](C)(c1ccccc1)CC2)C12CC(C(=O)O)(C1)C2. The number of alkyl halides is 1. The number of halogens is 1. The van der Waals surface area contributed by atoms with Crippen LogP contribution in [0.15, 0.2) is 42.7 Å². The van der Waals surface area contributed by atoms with Gasteiger partial charge in [-0.3, -0.25) is 13.9 Å². The van der Waals surface area contributed by atoms with Gasteiger partial charge in [-0.15, -0.1) is 0 Å². The standard InChI is InChI=1S/C37H50FN7O2/c1-5-31(36-22-37(23-36,24-36)33(46)47)44(4)34-41-29-13-14-35(2,27-11-7-6-8-12-27)16-28(29)32(42-34)40-30(26-18-39-43(3)20-26)21-45-15-9-10-25(17-38)19-45/h6-8,11-12,18,20,25,30-31H,5,9-10,13-17,19,21-24H2,1-4H3,(H,46,47)(H,40,41,42)/t25-,30-,31-,35-,36?,37?/m1/s1. The van der Waals surface area contributed by atoms with Gasteiger partial charge in [0.1, 0.15) is 5.82 Å². The number of piperidine rings is 1. The number of carboxylic acids is 1. The smallest absolute Gasteiger partial charge is 0.309 e. The zero-order valence-corrected chi connectivity index (χ0v) is 28.4. The van der Waals surface area contributed by atoms with E-state index in [1.807, 2.05) is 17.9 Å². The Morgan fingerprint density at radius 1 is 1.21 bits per heavy atom. The van der Waals surface area contributed by atoms with Gasteiger partial charge in [0, 0.05) is 56.5 Å². The molecule has 0 spiro atoms. The van der Waals surface area contributed by atoms with Crippen LogP contribution in [0.4, 0.5) is 16.2 Å². The molecule has 3 saturated carbocycles. The van der Waals surface area contributed by atoms with Crippen LogP contribution in [0.25, 0.3) is 0 Å². The summed E-state index contributed by atoms with van der Waals surface area (Å²) in [5.41, 5.74) is 4.11. The van der Waals surface area contributed by atoms with E-state index in [4.69, 9.17) is 9.97 Å². The highest BCUT2D eigenvalue weighted by atomic mass is 19.1. The van der Waals surface area contributed by atoms with E-state index >= 15 is 0 Å². The Balaban J connectivity index is 1.24. The minimum atomic E-state index is -0.650. The van der Waals surface area contributed by atoms with Crippen LogP contribution in [0.5, 0.6) is 0 Å². The predicted octanol–water partition coefficient (Wildman–Crippen LogP) is 5.96. The number of nitrogens with one attached hydrogen (secondary N) is 1. The van der Waals surface area contributed by atoms with Gasteiger partial charge in [-0.2, -0.15) is 10.1 Å². The van der Waals surface area contributed by atoms with Crippen molar-refractivity contribution in [2.45, 2.75) is 89.1 Å². The zero-order valence-electron chi connectivity index (χ0n) is 28.4. The lowest BCUT2D eigenvalue weighted by atomic mass is 9.33. The summed E-state index contributed by atoms with van der Waals surface area (Å²) in [6, 6.07) is 10.9. The molecule has 2 N–H and O–H groups in total. The van der Waals surface area contributed by atoms with Gasteiger partial charge in [0.25, 0.3) is 0 Å². The fourth-order valence-electron chi connectivity index (χ4n) is 9.57. The molecule has 47 heavy (non-hydrogen) atoms. The molecule has 4 atom stereocenters. The van der Waals surface area contributed by atoms with E-state index in [0.717, 1.165) is 100 Å². The number of aliphatic carboxylic acids is 1. The molecule has 4 fully saturated rings. The summed E-state index contributed by atoms with van der Waals surface area (Å²) in [6.07, 6.45) is 11.7. The monoisotopic (exact) mass is 643 g/mol. The number of benzene rings is 1. The fraction of sp³-hybridized carbons (Fsp3) is 0.622. The van der Waals surface area contributed by atoms with Gasteiger partial charge in [-0.1, -0.05) is 44.2 Å². The second kappa shape index (κ2) is 12.2. The van der Waals surface area contributed by atoms with Gasteiger partial charge < -0.3 is 20.2 Å². The minimum Gasteiger partial charge on any atom is -0.481 e. The number of hydrogen-bond donors (Lipinski definition) is 2. The lowest BCUT2D eigenvalue weighted by molar-refractivity contribution is -0.230. The Labute approximate surface area is 278 Å². The molecule has 0 unspecified atom stereocenters. The fourth-order valence-corrected chi connectivity index (χ4v) is 9.57. The number of carbonyl (C=O) groups is 1. The Kier molecular flexibility index (Phi) is 8.30. The average Bonchev–Trinajstić information content (AvgIpc) is 3.47. The highest BCUT2D eigenvalue weighted by Crippen LogP contribution is 2.75. The van der Waals surface area contributed by atoms with Crippen molar-refractivity contribution in [2.24, 2.45) is 23.8 Å². The van der Waals surface area contributed by atoms with E-state index in [1.54, 1.807) is 0 Å². The number of aryl methyl sites for hydroxylation is 2. The molecule has 3 aromatic rings. The Morgan fingerprint density at radius 2 is 1.98 bits per heavy atom. The summed E-state index contributed by atoms with van der Waals surface area (Å²) in [7, 11) is 4.03. The summed E-state index contributed by atoms with van der Waals surface area (Å²) in [5, 5.41) is 18.2. The molecule has 9 nitrogen and oxygen atoms in total. The van der Waals surface area contributed by atoms with E-state index in [2.05, 4.69) is 77.6 Å². The average molecular weight is 644 g/mol. The number of carboxylic acid groups (broad SMARTS) is 1. The van der Waals surface area contributed by atoms with Crippen molar-refractivity contribution in [1.29, 1.82) is 0 Å². The predicted molar refractivity (Wildman–Crippen MR) is 181 cm³/mol. The molecule has 1 aliphatic heterocycles. The molecule has 0 radical (unpaired) electrons. The van der Waals surface area contributed by atoms with E-state index < -0.39 is 11.4 Å². The molecule has 4 aliphatic carbocycles. The molecular weight excluding hydrogens is 593 g/mol. The maximum Gasteiger partial charge on any atom is 0.309 e. The first kappa shape index (κ1) is 32.0. The van der Waals surface area contributed by atoms with Gasteiger partial charge in [0.15, 0.2) is 0 Å². The maximum absolute atomic E-state index is 13.7. The Morgan fingerprint density at radius 3 is 2.64 bits per heavy atom. The van der Waals surface area contributed by atoms with Crippen molar-refractivity contribution in [3.8, 4) is 0 Å². The second-order valence-corrected chi connectivity index (χ2v) is 15.5. The number of rotatable bonds is 12. The van der Waals surface area contributed by atoms with Gasteiger partial charge in [-0.25, -0.2) is 4.98 Å². The molecule has 0 amide bonds. The molecule has 10 heteroatoms. The van der Waals surface area contributed by atoms with E-state index in [0.29, 0.717) is 5.95 Å². The summed E-state index contributed by atoms with van der Waals surface area (Å²) in [4.78, 5) is 27.1. The third kappa shape index (κ3) is 5.70.